The van der Waals surface area contributed by atoms with E-state index in [0.717, 1.165) is 51.7 Å². The number of aromatic nitrogens is 2. The van der Waals surface area contributed by atoms with Gasteiger partial charge in [0.05, 0.1) is 43.0 Å². The fourth-order valence-corrected chi connectivity index (χ4v) is 7.02. The zero-order valence-electron chi connectivity index (χ0n) is 24.9. The summed E-state index contributed by atoms with van der Waals surface area (Å²) in [4.78, 5) is 40.8. The third kappa shape index (κ3) is 5.45. The van der Waals surface area contributed by atoms with Gasteiger partial charge in [-0.1, -0.05) is 17.7 Å². The molecule has 0 saturated carbocycles. The van der Waals surface area contributed by atoms with Gasteiger partial charge < -0.3 is 29.0 Å². The largest absolute Gasteiger partial charge is 0.444 e. The first-order valence-electron chi connectivity index (χ1n) is 15.2. The lowest BCUT2D eigenvalue weighted by Gasteiger charge is -2.47. The molecule has 4 saturated heterocycles. The number of nitrogens with one attached hydrogen (secondary N) is 1. The number of nitrogens with zero attached hydrogens (tertiary/aromatic N) is 4. The summed E-state index contributed by atoms with van der Waals surface area (Å²) in [6, 6.07) is 6.21. The maximum atomic E-state index is 13.9. The Labute approximate surface area is 256 Å². The number of benzene rings is 1. The highest BCUT2D eigenvalue weighted by molar-refractivity contribution is 6.35. The molecular formula is C32H38ClN5O5. The van der Waals surface area contributed by atoms with Gasteiger partial charge in [0.25, 0.3) is 0 Å². The Bertz CT molecular complexity index is 1560. The molecule has 2 aromatic heterocycles. The van der Waals surface area contributed by atoms with Crippen LogP contribution in [-0.4, -0.2) is 94.0 Å². The average Bonchev–Trinajstić information content (AvgIpc) is 3.39. The van der Waals surface area contributed by atoms with Crippen molar-refractivity contribution in [2.24, 2.45) is 0 Å². The monoisotopic (exact) mass is 607 g/mol. The van der Waals surface area contributed by atoms with Crippen LogP contribution in [0, 0.1) is 0 Å². The lowest BCUT2D eigenvalue weighted by Crippen LogP contribution is -2.60. The maximum absolute atomic E-state index is 13.9. The topological polar surface area (TPSA) is 100 Å². The minimum absolute atomic E-state index is 0.0688. The van der Waals surface area contributed by atoms with Gasteiger partial charge in [-0.2, -0.15) is 0 Å². The zero-order valence-corrected chi connectivity index (χ0v) is 25.7. The second kappa shape index (κ2) is 11.0. The molecule has 10 nitrogen and oxygen atoms in total. The van der Waals surface area contributed by atoms with Crippen molar-refractivity contribution >= 4 is 34.8 Å². The van der Waals surface area contributed by atoms with Crippen molar-refractivity contribution in [3.8, 4) is 11.1 Å². The van der Waals surface area contributed by atoms with Crippen LogP contribution in [0.2, 0.25) is 5.02 Å². The number of urea groups is 1. The number of piperidine rings is 1. The van der Waals surface area contributed by atoms with Crippen LogP contribution in [0.25, 0.3) is 22.2 Å². The predicted octanol–water partition coefficient (Wildman–Crippen LogP) is 5.53. The molecule has 2 unspecified atom stereocenters. The molecule has 3 aromatic rings. The molecule has 1 N–H and O–H groups in total. The second-order valence-electron chi connectivity index (χ2n) is 13.0. The summed E-state index contributed by atoms with van der Waals surface area (Å²) < 4.78 is 17.7. The summed E-state index contributed by atoms with van der Waals surface area (Å²) in [5.41, 5.74) is 5.23. The molecule has 0 aliphatic carbocycles. The van der Waals surface area contributed by atoms with Crippen molar-refractivity contribution in [3.63, 3.8) is 0 Å². The molecule has 7 heterocycles. The quantitative estimate of drug-likeness (QED) is 0.411. The summed E-state index contributed by atoms with van der Waals surface area (Å²) in [7, 11) is 0. The minimum atomic E-state index is -0.626. The van der Waals surface area contributed by atoms with Crippen LogP contribution in [0.3, 0.4) is 0 Å². The van der Waals surface area contributed by atoms with E-state index < -0.39 is 5.60 Å². The Morgan fingerprint density at radius 3 is 2.70 bits per heavy atom. The molecule has 3 atom stereocenters. The van der Waals surface area contributed by atoms with Crippen LogP contribution in [0.4, 0.5) is 9.59 Å². The number of carbonyl (C=O) groups excluding carboxylic acids is 2. The van der Waals surface area contributed by atoms with Crippen LogP contribution >= 0.6 is 11.6 Å². The van der Waals surface area contributed by atoms with Gasteiger partial charge in [-0.15, -0.1) is 0 Å². The number of hydrogen-bond donors (Lipinski definition) is 1. The molecule has 8 rings (SSSR count). The fraction of sp³-hybridized carbons (Fsp3) is 0.531. The maximum Gasteiger partial charge on any atom is 0.410 e. The van der Waals surface area contributed by atoms with Crippen LogP contribution in [0.5, 0.6) is 0 Å². The molecule has 2 bridgehead atoms. The van der Waals surface area contributed by atoms with Crippen molar-refractivity contribution in [3.05, 3.63) is 52.3 Å². The highest BCUT2D eigenvalue weighted by Crippen LogP contribution is 2.38. The molecule has 5 aliphatic heterocycles. The normalized spacial score (nSPS) is 23.9. The van der Waals surface area contributed by atoms with E-state index in [1.165, 1.54) is 0 Å². The third-order valence-corrected chi connectivity index (χ3v) is 9.32. The number of halogens is 1. The fourth-order valence-electron chi connectivity index (χ4n) is 6.82. The van der Waals surface area contributed by atoms with E-state index in [0.29, 0.717) is 57.4 Å². The molecule has 43 heavy (non-hydrogen) atoms. The van der Waals surface area contributed by atoms with Crippen molar-refractivity contribution in [1.29, 1.82) is 0 Å². The van der Waals surface area contributed by atoms with Crippen molar-refractivity contribution in [2.75, 3.05) is 39.5 Å². The van der Waals surface area contributed by atoms with E-state index in [9.17, 15) is 9.59 Å². The number of rotatable bonds is 2. The summed E-state index contributed by atoms with van der Waals surface area (Å²) in [5.74, 6) is 0. The van der Waals surface area contributed by atoms with Gasteiger partial charge in [0.2, 0.25) is 0 Å². The smallest absolute Gasteiger partial charge is 0.410 e. The summed E-state index contributed by atoms with van der Waals surface area (Å²) in [6.45, 7) is 9.19. The molecule has 4 fully saturated rings. The van der Waals surface area contributed by atoms with E-state index >= 15 is 0 Å². The van der Waals surface area contributed by atoms with E-state index in [2.05, 4.69) is 22.1 Å². The molecular weight excluding hydrogens is 570 g/mol. The highest BCUT2D eigenvalue weighted by atomic mass is 35.5. The summed E-state index contributed by atoms with van der Waals surface area (Å²) in [6.07, 6.45) is 6.06. The molecule has 0 spiro atoms. The van der Waals surface area contributed by atoms with Gasteiger partial charge in [-0.25, -0.2) is 14.6 Å². The number of pyridine rings is 1. The zero-order chi connectivity index (χ0) is 29.9. The SMILES string of the molecule is CC(C)(C)OC(=O)N1CCOC[C@H]1c1cc(-c2cnc3[nH]cc(Cl)c3c2)cc2c1CN(C(=O)N1CC3CCC1CO3)CC2. The second-order valence-corrected chi connectivity index (χ2v) is 13.4. The van der Waals surface area contributed by atoms with E-state index in [1.54, 1.807) is 11.1 Å². The molecule has 0 radical (unpaired) electrons. The molecule has 1 aromatic carbocycles. The van der Waals surface area contributed by atoms with Crippen molar-refractivity contribution in [1.82, 2.24) is 24.7 Å². The Kier molecular flexibility index (Phi) is 7.26. The Morgan fingerprint density at radius 1 is 1.09 bits per heavy atom. The minimum Gasteiger partial charge on any atom is -0.444 e. The first kappa shape index (κ1) is 28.4. The molecule has 228 valence electrons. The van der Waals surface area contributed by atoms with Gasteiger partial charge in [0.15, 0.2) is 0 Å². The van der Waals surface area contributed by atoms with Crippen molar-refractivity contribution < 1.29 is 23.8 Å². The molecule has 5 aliphatic rings. The number of amides is 3. The Balaban J connectivity index is 1.28. The van der Waals surface area contributed by atoms with Gasteiger partial charge in [0.1, 0.15) is 11.2 Å². The number of aromatic amines is 1. The first-order valence-corrected chi connectivity index (χ1v) is 15.6. The Hall–Kier alpha value is -3.34. The average molecular weight is 608 g/mol. The number of fused-ring (bicyclic) bond motifs is 5. The summed E-state index contributed by atoms with van der Waals surface area (Å²) >= 11 is 6.45. The number of ether oxygens (including phenoxy) is 3. The molecule has 3 amide bonds. The lowest BCUT2D eigenvalue weighted by atomic mass is 9.87. The standard InChI is InChI=1S/C32H38ClN5O5/c1-32(2,3)43-31(40)37-8-9-41-18-28(37)24-11-20(21-12-25-27(33)14-35-29(25)34-13-21)10-19-6-7-36(16-26(19)24)30(39)38-15-23-5-4-22(38)17-42-23/h10-14,22-23,28H,4-9,15-18H2,1-3H3,(H,34,35)/t22?,23?,28-/m0/s1. The van der Waals surface area contributed by atoms with Crippen LogP contribution in [0.15, 0.2) is 30.6 Å². The van der Waals surface area contributed by atoms with Gasteiger partial charge in [0, 0.05) is 49.5 Å². The van der Waals surface area contributed by atoms with Crippen LogP contribution in [-0.2, 0) is 27.2 Å². The number of H-pyrrole nitrogens is 1. The van der Waals surface area contributed by atoms with Crippen LogP contribution in [0.1, 0.15) is 56.3 Å². The van der Waals surface area contributed by atoms with Gasteiger partial charge in [-0.05, 0) is 74.4 Å². The van der Waals surface area contributed by atoms with E-state index in [-0.39, 0.29) is 30.3 Å². The lowest BCUT2D eigenvalue weighted by molar-refractivity contribution is -0.0923. The van der Waals surface area contributed by atoms with Crippen LogP contribution < -0.4 is 0 Å². The van der Waals surface area contributed by atoms with Gasteiger partial charge in [-0.3, -0.25) is 4.90 Å². The number of morpholine rings is 2. The van der Waals surface area contributed by atoms with Gasteiger partial charge >= 0.3 is 12.1 Å². The number of hydrogen-bond acceptors (Lipinski definition) is 6. The molecule has 11 heteroatoms. The third-order valence-electron chi connectivity index (χ3n) is 9.01. The number of carbonyl (C=O) groups is 2. The first-order chi connectivity index (χ1) is 20.6. The predicted molar refractivity (Wildman–Crippen MR) is 162 cm³/mol. The highest BCUT2D eigenvalue weighted by Gasteiger charge is 2.41. The van der Waals surface area contributed by atoms with E-state index in [4.69, 9.17) is 25.8 Å². The van der Waals surface area contributed by atoms with Crippen molar-refractivity contribution in [2.45, 2.75) is 70.4 Å². The summed E-state index contributed by atoms with van der Waals surface area (Å²) in [5, 5.41) is 1.47. The Morgan fingerprint density at radius 2 is 1.95 bits per heavy atom. The van der Waals surface area contributed by atoms with E-state index in [1.807, 2.05) is 42.8 Å².